The van der Waals surface area contributed by atoms with Crippen molar-refractivity contribution in [1.29, 1.82) is 0 Å². The molecule has 2 heterocycles. The second-order valence-electron chi connectivity index (χ2n) is 7.48. The number of ether oxygens (including phenoxy) is 1. The van der Waals surface area contributed by atoms with Gasteiger partial charge in [0, 0.05) is 26.2 Å². The molecule has 8 nitrogen and oxygen atoms in total. The van der Waals surface area contributed by atoms with E-state index in [1.807, 2.05) is 7.05 Å². The summed E-state index contributed by atoms with van der Waals surface area (Å²) in [6.45, 7) is 5.38. The third-order valence-corrected chi connectivity index (χ3v) is 5.52. The molecule has 3 rings (SSSR count). The minimum absolute atomic E-state index is 0. The molecule has 0 amide bonds. The Morgan fingerprint density at radius 2 is 2.00 bits per heavy atom. The maximum absolute atomic E-state index is 5.32. The molecule has 0 spiro atoms. The average Bonchev–Trinajstić information content (AvgIpc) is 3.15. The molecule has 0 aliphatic carbocycles. The maximum Gasteiger partial charge on any atom is 0.191 e. The summed E-state index contributed by atoms with van der Waals surface area (Å²) in [7, 11) is 5.81. The van der Waals surface area contributed by atoms with Gasteiger partial charge in [0.05, 0.1) is 7.11 Å². The molecule has 2 N–H and O–H groups in total. The third-order valence-electron chi connectivity index (χ3n) is 5.52. The highest BCUT2D eigenvalue weighted by Gasteiger charge is 2.30. The number of nitrogens with zero attached hydrogens (tertiary/aromatic N) is 5. The monoisotopic (exact) mass is 527 g/mol. The number of rotatable bonds is 7. The predicted octanol–water partition coefficient (Wildman–Crippen LogP) is 2.58. The molecule has 2 atom stereocenters. The van der Waals surface area contributed by atoms with Crippen molar-refractivity contribution in [2.75, 3.05) is 33.8 Å². The molecule has 1 aliphatic rings. The molecule has 1 aromatic heterocycles. The van der Waals surface area contributed by atoms with E-state index in [0.29, 0.717) is 18.5 Å². The SMILES string of the molecule is CCNC(=NCc1ncnn1C)NCC1CCCN(C)C1c1ccc(OC)cc1.I. The molecule has 0 bridgehead atoms. The van der Waals surface area contributed by atoms with E-state index in [1.54, 1.807) is 18.1 Å². The van der Waals surface area contributed by atoms with Gasteiger partial charge in [-0.15, -0.1) is 24.0 Å². The number of aliphatic imine (C=N–C) groups is 1. The maximum atomic E-state index is 5.32. The molecule has 1 fully saturated rings. The van der Waals surface area contributed by atoms with E-state index in [0.717, 1.165) is 37.2 Å². The Hall–Kier alpha value is -1.88. The number of hydrogen-bond donors (Lipinski definition) is 2. The Balaban J connectivity index is 0.00000320. The Morgan fingerprint density at radius 1 is 1.23 bits per heavy atom. The van der Waals surface area contributed by atoms with Crippen molar-refractivity contribution < 1.29 is 4.74 Å². The van der Waals surface area contributed by atoms with Crippen LogP contribution in [0.5, 0.6) is 5.75 Å². The van der Waals surface area contributed by atoms with E-state index in [-0.39, 0.29) is 24.0 Å². The number of aromatic nitrogens is 3. The summed E-state index contributed by atoms with van der Waals surface area (Å²) in [5.74, 6) is 3.06. The van der Waals surface area contributed by atoms with Gasteiger partial charge in [0.15, 0.2) is 5.96 Å². The molecule has 30 heavy (non-hydrogen) atoms. The lowest BCUT2D eigenvalue weighted by Crippen LogP contribution is -2.45. The number of nitrogens with one attached hydrogen (secondary N) is 2. The molecule has 2 aromatic rings. The van der Waals surface area contributed by atoms with Crippen LogP contribution in [0.2, 0.25) is 0 Å². The van der Waals surface area contributed by atoms with Crippen molar-refractivity contribution in [2.24, 2.45) is 18.0 Å². The lowest BCUT2D eigenvalue weighted by molar-refractivity contribution is 0.122. The van der Waals surface area contributed by atoms with Crippen molar-refractivity contribution in [3.05, 3.63) is 42.0 Å². The van der Waals surface area contributed by atoms with Crippen molar-refractivity contribution >= 4 is 29.9 Å². The highest BCUT2D eigenvalue weighted by Crippen LogP contribution is 2.35. The largest absolute Gasteiger partial charge is 0.497 e. The van der Waals surface area contributed by atoms with Gasteiger partial charge in [-0.1, -0.05) is 12.1 Å². The first kappa shape index (κ1) is 24.4. The minimum Gasteiger partial charge on any atom is -0.497 e. The molecule has 0 saturated carbocycles. The first-order valence-corrected chi connectivity index (χ1v) is 10.3. The minimum atomic E-state index is 0. The standard InChI is InChI=1S/C21H33N7O.HI/c1-5-22-21(24-14-19-25-15-26-28(19)3)23-13-17-7-6-12-27(2)20(17)16-8-10-18(29-4)11-9-16;/h8-11,15,17,20H,5-7,12-14H2,1-4H3,(H2,22,23,24);1H. The Bertz CT molecular complexity index is 793. The van der Waals surface area contributed by atoms with Crippen LogP contribution in [-0.4, -0.2) is 59.4 Å². The zero-order valence-corrected chi connectivity index (χ0v) is 20.7. The van der Waals surface area contributed by atoms with Gasteiger partial charge >= 0.3 is 0 Å². The van der Waals surface area contributed by atoms with E-state index in [9.17, 15) is 0 Å². The van der Waals surface area contributed by atoms with Crippen LogP contribution in [0.25, 0.3) is 0 Å². The first-order valence-electron chi connectivity index (χ1n) is 10.3. The van der Waals surface area contributed by atoms with Crippen LogP contribution in [0.15, 0.2) is 35.6 Å². The fraction of sp³-hybridized carbons (Fsp3) is 0.571. The second kappa shape index (κ2) is 12.1. The van der Waals surface area contributed by atoms with Gasteiger partial charge in [-0.25, -0.2) is 9.98 Å². The number of halogens is 1. The van der Waals surface area contributed by atoms with Gasteiger partial charge in [0.25, 0.3) is 0 Å². The van der Waals surface area contributed by atoms with E-state index >= 15 is 0 Å². The average molecular weight is 527 g/mol. The normalized spacial score (nSPS) is 19.8. The topological polar surface area (TPSA) is 79.6 Å². The fourth-order valence-corrected chi connectivity index (χ4v) is 3.98. The van der Waals surface area contributed by atoms with Crippen LogP contribution >= 0.6 is 24.0 Å². The van der Waals surface area contributed by atoms with Crippen LogP contribution in [0.3, 0.4) is 0 Å². The Labute approximate surface area is 196 Å². The number of benzene rings is 1. The summed E-state index contributed by atoms with van der Waals surface area (Å²) in [6, 6.07) is 8.85. The predicted molar refractivity (Wildman–Crippen MR) is 130 cm³/mol. The van der Waals surface area contributed by atoms with Gasteiger partial charge in [-0.2, -0.15) is 5.10 Å². The summed E-state index contributed by atoms with van der Waals surface area (Å²) in [4.78, 5) is 11.4. The highest BCUT2D eigenvalue weighted by atomic mass is 127. The summed E-state index contributed by atoms with van der Waals surface area (Å²) >= 11 is 0. The number of hydrogen-bond acceptors (Lipinski definition) is 5. The van der Waals surface area contributed by atoms with Crippen LogP contribution in [-0.2, 0) is 13.6 Å². The summed E-state index contributed by atoms with van der Waals surface area (Å²) in [6.07, 6.45) is 3.96. The molecular weight excluding hydrogens is 493 g/mol. The van der Waals surface area contributed by atoms with E-state index in [4.69, 9.17) is 4.74 Å². The summed E-state index contributed by atoms with van der Waals surface area (Å²) < 4.78 is 7.07. The molecule has 1 aliphatic heterocycles. The lowest BCUT2D eigenvalue weighted by Gasteiger charge is -2.40. The van der Waals surface area contributed by atoms with Crippen LogP contribution < -0.4 is 15.4 Å². The molecular formula is C21H34IN7O. The second-order valence-corrected chi connectivity index (χ2v) is 7.48. The van der Waals surface area contributed by atoms with E-state index < -0.39 is 0 Å². The zero-order valence-electron chi connectivity index (χ0n) is 18.3. The molecule has 2 unspecified atom stereocenters. The molecule has 1 saturated heterocycles. The lowest BCUT2D eigenvalue weighted by atomic mass is 9.85. The van der Waals surface area contributed by atoms with E-state index in [1.165, 1.54) is 18.4 Å². The Morgan fingerprint density at radius 3 is 2.63 bits per heavy atom. The van der Waals surface area contributed by atoms with Crippen molar-refractivity contribution in [1.82, 2.24) is 30.3 Å². The number of likely N-dealkylation sites (tertiary alicyclic amines) is 1. The van der Waals surface area contributed by atoms with Gasteiger partial charge in [0.1, 0.15) is 24.4 Å². The Kier molecular flexibility index (Phi) is 9.83. The third kappa shape index (κ3) is 6.31. The molecule has 0 radical (unpaired) electrons. The van der Waals surface area contributed by atoms with Crippen molar-refractivity contribution in [3.8, 4) is 5.75 Å². The zero-order chi connectivity index (χ0) is 20.6. The van der Waals surface area contributed by atoms with Gasteiger partial charge in [0.2, 0.25) is 0 Å². The van der Waals surface area contributed by atoms with Crippen molar-refractivity contribution in [3.63, 3.8) is 0 Å². The van der Waals surface area contributed by atoms with Gasteiger partial charge in [-0.3, -0.25) is 9.58 Å². The molecule has 1 aromatic carbocycles. The number of piperidine rings is 1. The smallest absolute Gasteiger partial charge is 0.191 e. The van der Waals surface area contributed by atoms with Gasteiger partial charge < -0.3 is 15.4 Å². The summed E-state index contributed by atoms with van der Waals surface area (Å²) in [5, 5.41) is 11.0. The van der Waals surface area contributed by atoms with Crippen molar-refractivity contribution in [2.45, 2.75) is 32.4 Å². The van der Waals surface area contributed by atoms with Crippen LogP contribution in [0.4, 0.5) is 0 Å². The first-order chi connectivity index (χ1) is 14.1. The highest BCUT2D eigenvalue weighted by molar-refractivity contribution is 14.0. The van der Waals surface area contributed by atoms with Crippen LogP contribution in [0.1, 0.15) is 37.2 Å². The fourth-order valence-electron chi connectivity index (χ4n) is 3.98. The molecule has 166 valence electrons. The number of methoxy groups -OCH3 is 1. The molecule has 9 heteroatoms. The quantitative estimate of drug-likeness (QED) is 0.328. The van der Waals surface area contributed by atoms with Crippen LogP contribution in [0, 0.1) is 5.92 Å². The summed E-state index contributed by atoms with van der Waals surface area (Å²) in [5.41, 5.74) is 1.33. The van der Waals surface area contributed by atoms with E-state index in [2.05, 4.69) is 68.8 Å². The number of guanidine groups is 1. The van der Waals surface area contributed by atoms with Gasteiger partial charge in [-0.05, 0) is 57.0 Å². The number of aryl methyl sites for hydroxylation is 1.